The molecule has 21 heavy (non-hydrogen) atoms. The lowest BCUT2D eigenvalue weighted by molar-refractivity contribution is 0.181. The van der Waals surface area contributed by atoms with E-state index in [1.165, 1.54) is 4.31 Å². The van der Waals surface area contributed by atoms with Gasteiger partial charge in [-0.15, -0.1) is 0 Å². The third-order valence-electron chi connectivity index (χ3n) is 3.18. The quantitative estimate of drug-likeness (QED) is 0.864. The van der Waals surface area contributed by atoms with Crippen LogP contribution in [-0.4, -0.2) is 37.5 Å². The molecular weight excluding hydrogens is 298 g/mol. The maximum atomic E-state index is 11.9. The van der Waals surface area contributed by atoms with Crippen molar-refractivity contribution < 1.29 is 17.7 Å². The average Bonchev–Trinajstić information content (AvgIpc) is 2.82. The van der Waals surface area contributed by atoms with Crippen molar-refractivity contribution in [3.63, 3.8) is 0 Å². The van der Waals surface area contributed by atoms with Gasteiger partial charge in [0.2, 0.25) is 10.0 Å². The Bertz CT molecular complexity index is 810. The molecule has 1 aliphatic heterocycles. The minimum atomic E-state index is -3.42. The second-order valence-corrected chi connectivity index (χ2v) is 6.67. The molecule has 9 heteroatoms. The minimum Gasteiger partial charge on any atom is -0.457 e. The molecule has 0 amide bonds. The molecule has 1 aromatic heterocycles. The Kier molecular flexibility index (Phi) is 3.20. The van der Waals surface area contributed by atoms with E-state index in [4.69, 9.17) is 4.74 Å². The molecule has 0 fully saturated rings. The maximum absolute atomic E-state index is 11.9. The van der Waals surface area contributed by atoms with Gasteiger partial charge in [0.25, 0.3) is 0 Å². The fourth-order valence-corrected chi connectivity index (χ4v) is 3.31. The minimum absolute atomic E-state index is 0.0576. The van der Waals surface area contributed by atoms with Crippen LogP contribution in [0.4, 0.5) is 5.69 Å². The number of aromatic amines is 1. The number of benzene rings is 1. The molecule has 2 aromatic rings. The molecule has 2 heterocycles. The summed E-state index contributed by atoms with van der Waals surface area (Å²) < 4.78 is 35.0. The third-order valence-corrected chi connectivity index (χ3v) is 4.32. The second kappa shape index (κ2) is 4.92. The molecule has 8 nitrogen and oxygen atoms in total. The number of aromatic nitrogens is 2. The first-order valence-electron chi connectivity index (χ1n) is 6.22. The Morgan fingerprint density at radius 1 is 1.43 bits per heavy atom. The van der Waals surface area contributed by atoms with Crippen LogP contribution in [0.25, 0.3) is 0 Å². The van der Waals surface area contributed by atoms with E-state index >= 15 is 0 Å². The van der Waals surface area contributed by atoms with Gasteiger partial charge in [0.1, 0.15) is 6.10 Å². The lowest BCUT2D eigenvalue weighted by atomic mass is 10.0. The molecule has 0 bridgehead atoms. The Morgan fingerprint density at radius 2 is 2.19 bits per heavy atom. The standard InChI is InChI=1S/C12H13N3O5S/c1-21(17,18)15-7-9(19-11-13-12(16)20-14-11)6-8-4-2-3-5-10(8)15/h2-5,9H,6-7H2,1H3,(H,13,14,16)/t9-/m1/s1. The SMILES string of the molecule is CS(=O)(=O)N1C[C@H](Oc2noc(=O)[nH]2)Cc2ccccc21. The van der Waals surface area contributed by atoms with Gasteiger partial charge >= 0.3 is 11.8 Å². The Morgan fingerprint density at radius 3 is 2.86 bits per heavy atom. The number of rotatable bonds is 3. The van der Waals surface area contributed by atoms with Crippen LogP contribution in [0, 0.1) is 0 Å². The smallest absolute Gasteiger partial charge is 0.441 e. The summed E-state index contributed by atoms with van der Waals surface area (Å²) in [5.74, 6) is -0.721. The normalized spacial score (nSPS) is 18.3. The first kappa shape index (κ1) is 13.7. The molecule has 1 aromatic carbocycles. The van der Waals surface area contributed by atoms with Crippen molar-refractivity contribution in [2.75, 3.05) is 17.1 Å². The zero-order valence-electron chi connectivity index (χ0n) is 11.1. The topological polar surface area (TPSA) is 106 Å². The van der Waals surface area contributed by atoms with Crippen LogP contribution in [0.5, 0.6) is 6.01 Å². The van der Waals surface area contributed by atoms with Crippen molar-refractivity contribution in [3.8, 4) is 6.01 Å². The summed E-state index contributed by atoms with van der Waals surface area (Å²) in [6, 6.07) is 7.16. The third kappa shape index (κ3) is 2.77. The highest BCUT2D eigenvalue weighted by Gasteiger charge is 2.31. The molecule has 0 aliphatic carbocycles. The van der Waals surface area contributed by atoms with Crippen molar-refractivity contribution in [2.24, 2.45) is 0 Å². The molecule has 112 valence electrons. The highest BCUT2D eigenvalue weighted by molar-refractivity contribution is 7.92. The van der Waals surface area contributed by atoms with Gasteiger partial charge in [-0.3, -0.25) is 8.83 Å². The van der Waals surface area contributed by atoms with Gasteiger partial charge in [-0.1, -0.05) is 18.2 Å². The van der Waals surface area contributed by atoms with Crippen LogP contribution in [0.2, 0.25) is 0 Å². The second-order valence-electron chi connectivity index (χ2n) is 4.77. The van der Waals surface area contributed by atoms with Gasteiger partial charge in [0.05, 0.1) is 18.5 Å². The lowest BCUT2D eigenvalue weighted by Gasteiger charge is -2.33. The van der Waals surface area contributed by atoms with Crippen molar-refractivity contribution in [2.45, 2.75) is 12.5 Å². The molecule has 1 N–H and O–H groups in total. The summed E-state index contributed by atoms with van der Waals surface area (Å²) in [6.45, 7) is 0.144. The number of hydrogen-bond acceptors (Lipinski definition) is 6. The number of anilines is 1. The Hall–Kier alpha value is -2.29. The monoisotopic (exact) mass is 311 g/mol. The molecule has 1 atom stereocenters. The van der Waals surface area contributed by atoms with Crippen LogP contribution in [-0.2, 0) is 16.4 Å². The zero-order valence-corrected chi connectivity index (χ0v) is 12.0. The van der Waals surface area contributed by atoms with E-state index in [0.717, 1.165) is 11.8 Å². The Balaban J connectivity index is 1.92. The number of hydrogen-bond donors (Lipinski definition) is 1. The first-order chi connectivity index (χ1) is 9.93. The van der Waals surface area contributed by atoms with Gasteiger partial charge in [-0.2, -0.15) is 0 Å². The average molecular weight is 311 g/mol. The summed E-state index contributed by atoms with van der Waals surface area (Å²) in [5, 5.41) is 3.42. The zero-order chi connectivity index (χ0) is 15.0. The number of nitrogens with one attached hydrogen (secondary N) is 1. The number of para-hydroxylation sites is 1. The summed E-state index contributed by atoms with van der Waals surface area (Å²) in [4.78, 5) is 13.2. The van der Waals surface area contributed by atoms with Gasteiger partial charge in [0, 0.05) is 6.42 Å². The Labute approximate surface area is 120 Å². The van der Waals surface area contributed by atoms with E-state index < -0.39 is 21.9 Å². The first-order valence-corrected chi connectivity index (χ1v) is 8.06. The van der Waals surface area contributed by atoms with Crippen molar-refractivity contribution in [1.29, 1.82) is 0 Å². The van der Waals surface area contributed by atoms with Crippen LogP contribution < -0.4 is 14.8 Å². The fourth-order valence-electron chi connectivity index (χ4n) is 2.34. The fraction of sp³-hybridized carbons (Fsp3) is 0.333. The van der Waals surface area contributed by atoms with Crippen molar-refractivity contribution in [3.05, 3.63) is 40.4 Å². The molecule has 3 rings (SSSR count). The summed E-state index contributed by atoms with van der Waals surface area (Å²) in [6.07, 6.45) is 1.19. The van der Waals surface area contributed by atoms with Crippen LogP contribution >= 0.6 is 0 Å². The number of ether oxygens (including phenoxy) is 1. The lowest BCUT2D eigenvalue weighted by Crippen LogP contribution is -2.44. The van der Waals surface area contributed by atoms with Crippen LogP contribution in [0.1, 0.15) is 5.56 Å². The number of fused-ring (bicyclic) bond motifs is 1. The number of nitrogens with zero attached hydrogens (tertiary/aromatic N) is 2. The maximum Gasteiger partial charge on any atom is 0.441 e. The van der Waals surface area contributed by atoms with E-state index in [1.807, 2.05) is 12.1 Å². The summed E-state index contributed by atoms with van der Waals surface area (Å²) in [7, 11) is -3.42. The molecule has 1 aliphatic rings. The molecule has 0 saturated carbocycles. The van der Waals surface area contributed by atoms with Crippen LogP contribution in [0.3, 0.4) is 0 Å². The van der Waals surface area contributed by atoms with Gasteiger partial charge in [-0.25, -0.2) is 18.2 Å². The van der Waals surface area contributed by atoms with E-state index in [1.54, 1.807) is 12.1 Å². The van der Waals surface area contributed by atoms with E-state index in [0.29, 0.717) is 12.1 Å². The van der Waals surface area contributed by atoms with Gasteiger partial charge in [0.15, 0.2) is 0 Å². The van der Waals surface area contributed by atoms with Gasteiger partial charge < -0.3 is 4.74 Å². The molecule has 0 saturated heterocycles. The highest BCUT2D eigenvalue weighted by atomic mass is 32.2. The highest BCUT2D eigenvalue weighted by Crippen LogP contribution is 2.29. The van der Waals surface area contributed by atoms with Crippen molar-refractivity contribution >= 4 is 15.7 Å². The van der Waals surface area contributed by atoms with Crippen molar-refractivity contribution in [1.82, 2.24) is 10.1 Å². The molecule has 0 radical (unpaired) electrons. The molecule has 0 unspecified atom stereocenters. The molecular formula is C12H13N3O5S. The van der Waals surface area contributed by atoms with E-state index in [2.05, 4.69) is 14.7 Å². The van der Waals surface area contributed by atoms with Gasteiger partial charge in [-0.05, 0) is 16.8 Å². The largest absolute Gasteiger partial charge is 0.457 e. The summed E-state index contributed by atoms with van der Waals surface area (Å²) in [5.41, 5.74) is 1.50. The number of H-pyrrole nitrogens is 1. The predicted octanol–water partition coefficient (Wildman–Crippen LogP) is 0.133. The van der Waals surface area contributed by atoms with Crippen LogP contribution in [0.15, 0.2) is 33.6 Å². The molecule has 0 spiro atoms. The predicted molar refractivity (Wildman–Crippen MR) is 73.9 cm³/mol. The van der Waals surface area contributed by atoms with E-state index in [-0.39, 0.29) is 12.6 Å². The summed E-state index contributed by atoms with van der Waals surface area (Å²) >= 11 is 0. The van der Waals surface area contributed by atoms with E-state index in [9.17, 15) is 13.2 Å². The number of sulfonamides is 1.